The molecule has 18 heavy (non-hydrogen) atoms. The maximum absolute atomic E-state index is 11.9. The molecule has 1 aromatic heterocycles. The van der Waals surface area contributed by atoms with E-state index < -0.39 is 0 Å². The third-order valence-corrected chi connectivity index (χ3v) is 2.87. The van der Waals surface area contributed by atoms with Crippen LogP contribution in [0.2, 0.25) is 0 Å². The Hall–Kier alpha value is -2.14. The van der Waals surface area contributed by atoms with Gasteiger partial charge in [0.1, 0.15) is 5.69 Å². The topological polar surface area (TPSA) is 67.0 Å². The molecule has 1 saturated heterocycles. The van der Waals surface area contributed by atoms with Crippen LogP contribution >= 0.6 is 0 Å². The lowest BCUT2D eigenvalue weighted by Gasteiger charge is -2.26. The van der Waals surface area contributed by atoms with E-state index in [0.717, 1.165) is 11.3 Å². The molecule has 1 aromatic carbocycles. The lowest BCUT2D eigenvalue weighted by Crippen LogP contribution is -2.48. The van der Waals surface area contributed by atoms with E-state index in [1.165, 1.54) is 0 Å². The maximum atomic E-state index is 11.9. The largest absolute Gasteiger partial charge is 0.377 e. The Morgan fingerprint density at radius 2 is 2.11 bits per heavy atom. The molecular formula is C13H13N3O2. The number of carbonyl (C=O) groups excluding carboxylic acids is 1. The second-order valence-electron chi connectivity index (χ2n) is 4.24. The van der Waals surface area contributed by atoms with E-state index in [1.807, 2.05) is 30.3 Å². The number of H-pyrrole nitrogens is 1. The molecule has 1 aliphatic rings. The fourth-order valence-corrected chi connectivity index (χ4v) is 1.78. The molecule has 3 rings (SSSR count). The molecule has 5 nitrogen and oxygen atoms in total. The Morgan fingerprint density at radius 3 is 2.78 bits per heavy atom. The SMILES string of the molecule is O=C(NC1COC1)c1cc(-c2ccccc2)n[nH]1. The summed E-state index contributed by atoms with van der Waals surface area (Å²) in [5.74, 6) is -0.141. The summed E-state index contributed by atoms with van der Waals surface area (Å²) >= 11 is 0. The molecule has 1 fully saturated rings. The first kappa shape index (κ1) is 11.0. The van der Waals surface area contributed by atoms with E-state index in [1.54, 1.807) is 6.07 Å². The summed E-state index contributed by atoms with van der Waals surface area (Å²) < 4.78 is 5.01. The van der Waals surface area contributed by atoms with Gasteiger partial charge in [-0.1, -0.05) is 30.3 Å². The average molecular weight is 243 g/mol. The van der Waals surface area contributed by atoms with Gasteiger partial charge in [0.25, 0.3) is 5.91 Å². The van der Waals surface area contributed by atoms with Crippen molar-refractivity contribution in [3.63, 3.8) is 0 Å². The van der Waals surface area contributed by atoms with Crippen molar-refractivity contribution in [2.45, 2.75) is 6.04 Å². The monoisotopic (exact) mass is 243 g/mol. The van der Waals surface area contributed by atoms with Gasteiger partial charge in [-0.25, -0.2) is 0 Å². The molecule has 0 spiro atoms. The lowest BCUT2D eigenvalue weighted by atomic mass is 10.1. The standard InChI is InChI=1S/C13H13N3O2/c17-13(14-10-7-18-8-10)12-6-11(15-16-12)9-4-2-1-3-5-9/h1-6,10H,7-8H2,(H,14,17)(H,15,16). The first-order valence-electron chi connectivity index (χ1n) is 5.82. The summed E-state index contributed by atoms with van der Waals surface area (Å²) in [5.41, 5.74) is 2.23. The Labute approximate surface area is 104 Å². The Bertz CT molecular complexity index is 546. The highest BCUT2D eigenvalue weighted by atomic mass is 16.5. The smallest absolute Gasteiger partial charge is 0.269 e. The van der Waals surface area contributed by atoms with Crippen molar-refractivity contribution in [1.82, 2.24) is 15.5 Å². The maximum Gasteiger partial charge on any atom is 0.269 e. The average Bonchev–Trinajstić information content (AvgIpc) is 2.84. The molecule has 1 aliphatic heterocycles. The van der Waals surface area contributed by atoms with E-state index in [9.17, 15) is 4.79 Å². The van der Waals surface area contributed by atoms with Gasteiger partial charge in [-0.2, -0.15) is 5.10 Å². The van der Waals surface area contributed by atoms with E-state index in [2.05, 4.69) is 15.5 Å². The van der Waals surface area contributed by atoms with Crippen LogP contribution in [0.15, 0.2) is 36.4 Å². The molecule has 2 heterocycles. The Balaban J connectivity index is 1.74. The fourth-order valence-electron chi connectivity index (χ4n) is 1.78. The molecule has 2 aromatic rings. The van der Waals surface area contributed by atoms with Crippen LogP contribution in [0, 0.1) is 0 Å². The van der Waals surface area contributed by atoms with Crippen LogP contribution in [0.25, 0.3) is 11.3 Å². The van der Waals surface area contributed by atoms with Gasteiger partial charge in [-0.05, 0) is 6.07 Å². The van der Waals surface area contributed by atoms with Crippen molar-refractivity contribution in [2.24, 2.45) is 0 Å². The molecule has 0 bridgehead atoms. The molecule has 0 saturated carbocycles. The van der Waals surface area contributed by atoms with Gasteiger partial charge in [0, 0.05) is 5.56 Å². The van der Waals surface area contributed by atoms with Gasteiger partial charge in [0.05, 0.1) is 24.9 Å². The number of aromatic nitrogens is 2. The third kappa shape index (κ3) is 2.12. The normalized spacial score (nSPS) is 15.1. The summed E-state index contributed by atoms with van der Waals surface area (Å²) in [7, 11) is 0. The zero-order valence-corrected chi connectivity index (χ0v) is 9.72. The molecule has 5 heteroatoms. The summed E-state index contributed by atoms with van der Waals surface area (Å²) in [4.78, 5) is 11.9. The third-order valence-electron chi connectivity index (χ3n) is 2.87. The van der Waals surface area contributed by atoms with Gasteiger partial charge in [-0.15, -0.1) is 0 Å². The molecular weight excluding hydrogens is 230 g/mol. The lowest BCUT2D eigenvalue weighted by molar-refractivity contribution is -0.00354. The number of hydrogen-bond acceptors (Lipinski definition) is 3. The summed E-state index contributed by atoms with van der Waals surface area (Å²) in [6, 6.07) is 11.6. The minimum atomic E-state index is -0.141. The molecule has 0 atom stereocenters. The van der Waals surface area contributed by atoms with E-state index >= 15 is 0 Å². The van der Waals surface area contributed by atoms with Crippen molar-refractivity contribution in [3.8, 4) is 11.3 Å². The number of nitrogens with zero attached hydrogens (tertiary/aromatic N) is 1. The van der Waals surface area contributed by atoms with Crippen molar-refractivity contribution in [2.75, 3.05) is 13.2 Å². The second-order valence-corrected chi connectivity index (χ2v) is 4.24. The van der Waals surface area contributed by atoms with E-state index in [4.69, 9.17) is 4.74 Å². The molecule has 0 unspecified atom stereocenters. The van der Waals surface area contributed by atoms with Gasteiger partial charge < -0.3 is 10.1 Å². The number of rotatable bonds is 3. The van der Waals surface area contributed by atoms with Gasteiger partial charge in [-0.3, -0.25) is 9.89 Å². The number of benzene rings is 1. The molecule has 92 valence electrons. The number of nitrogens with one attached hydrogen (secondary N) is 2. The van der Waals surface area contributed by atoms with Gasteiger partial charge in [0.2, 0.25) is 0 Å². The van der Waals surface area contributed by atoms with Crippen LogP contribution in [0.5, 0.6) is 0 Å². The number of aromatic amines is 1. The summed E-state index contributed by atoms with van der Waals surface area (Å²) in [6.07, 6.45) is 0. The predicted octanol–water partition coefficient (Wildman–Crippen LogP) is 1.21. The van der Waals surface area contributed by atoms with Crippen molar-refractivity contribution in [3.05, 3.63) is 42.1 Å². The van der Waals surface area contributed by atoms with Gasteiger partial charge >= 0.3 is 0 Å². The predicted molar refractivity (Wildman–Crippen MR) is 66.1 cm³/mol. The second kappa shape index (κ2) is 4.62. The van der Waals surface area contributed by atoms with Crippen LogP contribution in [0.4, 0.5) is 0 Å². The molecule has 1 amide bonds. The van der Waals surface area contributed by atoms with Crippen molar-refractivity contribution in [1.29, 1.82) is 0 Å². The van der Waals surface area contributed by atoms with Crippen molar-refractivity contribution >= 4 is 5.91 Å². The zero-order valence-electron chi connectivity index (χ0n) is 9.72. The fraction of sp³-hybridized carbons (Fsp3) is 0.231. The quantitative estimate of drug-likeness (QED) is 0.851. The molecule has 0 aliphatic carbocycles. The summed E-state index contributed by atoms with van der Waals surface area (Å²) in [5, 5.41) is 9.76. The first-order valence-corrected chi connectivity index (χ1v) is 5.82. The minimum absolute atomic E-state index is 0.126. The van der Waals surface area contributed by atoms with Crippen LogP contribution in [0.3, 0.4) is 0 Å². The van der Waals surface area contributed by atoms with Crippen LogP contribution < -0.4 is 5.32 Å². The number of hydrogen-bond donors (Lipinski definition) is 2. The number of ether oxygens (including phenoxy) is 1. The van der Waals surface area contributed by atoms with Crippen LogP contribution in [0.1, 0.15) is 10.5 Å². The van der Waals surface area contributed by atoms with Crippen LogP contribution in [-0.4, -0.2) is 35.4 Å². The highest BCUT2D eigenvalue weighted by molar-refractivity contribution is 5.93. The molecule has 2 N–H and O–H groups in total. The van der Waals surface area contributed by atoms with E-state index in [-0.39, 0.29) is 11.9 Å². The zero-order chi connectivity index (χ0) is 12.4. The first-order chi connectivity index (χ1) is 8.83. The highest BCUT2D eigenvalue weighted by Gasteiger charge is 2.22. The van der Waals surface area contributed by atoms with Crippen LogP contribution in [-0.2, 0) is 4.74 Å². The van der Waals surface area contributed by atoms with Gasteiger partial charge in [0.15, 0.2) is 0 Å². The minimum Gasteiger partial charge on any atom is -0.377 e. The number of amides is 1. The Kier molecular flexibility index (Phi) is 2.82. The molecule has 0 radical (unpaired) electrons. The van der Waals surface area contributed by atoms with E-state index in [0.29, 0.717) is 18.9 Å². The number of carbonyl (C=O) groups is 1. The summed E-state index contributed by atoms with van der Waals surface area (Å²) in [6.45, 7) is 1.18. The Morgan fingerprint density at radius 1 is 1.33 bits per heavy atom. The highest BCUT2D eigenvalue weighted by Crippen LogP contribution is 2.16. The van der Waals surface area contributed by atoms with Crippen molar-refractivity contribution < 1.29 is 9.53 Å².